The van der Waals surface area contributed by atoms with Crippen LogP contribution in [-0.4, -0.2) is 43.9 Å². The Kier molecular flexibility index (Phi) is 5.05. The Labute approximate surface area is 134 Å². The number of methoxy groups -OCH3 is 1. The Morgan fingerprint density at radius 3 is 3.09 bits per heavy atom. The third kappa shape index (κ3) is 3.78. The van der Waals surface area contributed by atoms with Crippen LogP contribution in [0.25, 0.3) is 10.8 Å². The number of ether oxygens (including phenoxy) is 3. The minimum Gasteiger partial charge on any atom is -0.481 e. The van der Waals surface area contributed by atoms with Crippen molar-refractivity contribution in [3.05, 3.63) is 30.5 Å². The molecule has 1 aliphatic heterocycles. The van der Waals surface area contributed by atoms with Gasteiger partial charge in [0.05, 0.1) is 19.8 Å². The van der Waals surface area contributed by atoms with Gasteiger partial charge in [-0.25, -0.2) is 4.98 Å². The van der Waals surface area contributed by atoms with Crippen LogP contribution in [-0.2, 0) is 14.3 Å². The van der Waals surface area contributed by atoms with Crippen LogP contribution < -0.4 is 10.1 Å². The summed E-state index contributed by atoms with van der Waals surface area (Å²) in [5.41, 5.74) is 0.717. The van der Waals surface area contributed by atoms with Gasteiger partial charge in [-0.1, -0.05) is 6.07 Å². The van der Waals surface area contributed by atoms with E-state index < -0.39 is 0 Å². The monoisotopic (exact) mass is 316 g/mol. The molecular formula is C17H20N2O4. The Hall–Kier alpha value is -2.18. The Balaban J connectivity index is 1.62. The van der Waals surface area contributed by atoms with E-state index in [1.165, 1.54) is 0 Å². The number of hydrogen-bond acceptors (Lipinski definition) is 5. The van der Waals surface area contributed by atoms with Gasteiger partial charge in [0, 0.05) is 29.3 Å². The Bertz CT molecular complexity index is 683. The van der Waals surface area contributed by atoms with Crippen LogP contribution in [0.15, 0.2) is 30.5 Å². The minimum absolute atomic E-state index is 0.0124. The van der Waals surface area contributed by atoms with Crippen LogP contribution in [0.5, 0.6) is 5.88 Å². The van der Waals surface area contributed by atoms with Gasteiger partial charge < -0.3 is 19.5 Å². The van der Waals surface area contributed by atoms with Crippen molar-refractivity contribution in [2.75, 3.05) is 32.2 Å². The predicted octanol–water partition coefficient (Wildman–Crippen LogP) is 2.38. The van der Waals surface area contributed by atoms with E-state index in [2.05, 4.69) is 10.3 Å². The summed E-state index contributed by atoms with van der Waals surface area (Å²) in [6.07, 6.45) is 3.84. The van der Waals surface area contributed by atoms with E-state index in [1.807, 2.05) is 24.3 Å². The molecule has 122 valence electrons. The van der Waals surface area contributed by atoms with Crippen molar-refractivity contribution < 1.29 is 19.0 Å². The first-order valence-electron chi connectivity index (χ1n) is 7.69. The molecule has 1 fully saturated rings. The lowest BCUT2D eigenvalue weighted by molar-refractivity contribution is -0.121. The van der Waals surface area contributed by atoms with E-state index in [0.29, 0.717) is 18.2 Å². The van der Waals surface area contributed by atoms with Gasteiger partial charge in [0.25, 0.3) is 0 Å². The van der Waals surface area contributed by atoms with E-state index in [-0.39, 0.29) is 18.6 Å². The zero-order chi connectivity index (χ0) is 16.1. The average molecular weight is 316 g/mol. The number of aromatic nitrogens is 1. The lowest BCUT2D eigenvalue weighted by Gasteiger charge is -2.12. The van der Waals surface area contributed by atoms with Crippen LogP contribution in [0.2, 0.25) is 0 Å². The highest BCUT2D eigenvalue weighted by Crippen LogP contribution is 2.28. The standard InChI is InChI=1S/C17H20N2O4/c1-21-17-14-5-2-6-15(13(14)7-8-18-17)19-16(20)11-22-10-12-4-3-9-23-12/h2,5-8,12H,3-4,9-11H2,1H3,(H,19,20). The highest BCUT2D eigenvalue weighted by Gasteiger charge is 2.16. The molecule has 6 nitrogen and oxygen atoms in total. The van der Waals surface area contributed by atoms with Gasteiger partial charge in [-0.2, -0.15) is 0 Å². The van der Waals surface area contributed by atoms with Gasteiger partial charge >= 0.3 is 0 Å². The van der Waals surface area contributed by atoms with Crippen LogP contribution in [0, 0.1) is 0 Å². The lowest BCUT2D eigenvalue weighted by Crippen LogP contribution is -2.22. The first-order valence-corrected chi connectivity index (χ1v) is 7.69. The van der Waals surface area contributed by atoms with Gasteiger partial charge in [0.15, 0.2) is 0 Å². The molecule has 2 heterocycles. The van der Waals surface area contributed by atoms with E-state index in [0.717, 1.165) is 30.2 Å². The molecule has 23 heavy (non-hydrogen) atoms. The fraction of sp³-hybridized carbons (Fsp3) is 0.412. The lowest BCUT2D eigenvalue weighted by atomic mass is 10.1. The maximum Gasteiger partial charge on any atom is 0.250 e. The van der Waals surface area contributed by atoms with E-state index in [1.54, 1.807) is 13.3 Å². The molecule has 2 aromatic rings. The molecule has 1 N–H and O–H groups in total. The number of rotatable bonds is 6. The molecule has 0 radical (unpaired) electrons. The topological polar surface area (TPSA) is 69.7 Å². The molecular weight excluding hydrogens is 296 g/mol. The molecule has 3 rings (SSSR count). The third-order valence-corrected chi connectivity index (χ3v) is 3.80. The maximum absolute atomic E-state index is 12.1. The second-order valence-corrected chi connectivity index (χ2v) is 5.42. The number of fused-ring (bicyclic) bond motifs is 1. The number of carbonyl (C=O) groups is 1. The first-order chi connectivity index (χ1) is 11.3. The van der Waals surface area contributed by atoms with Crippen molar-refractivity contribution in [2.45, 2.75) is 18.9 Å². The second kappa shape index (κ2) is 7.39. The van der Waals surface area contributed by atoms with Crippen LogP contribution in [0.4, 0.5) is 5.69 Å². The minimum atomic E-state index is -0.189. The molecule has 1 aromatic carbocycles. The van der Waals surface area contributed by atoms with Crippen molar-refractivity contribution >= 4 is 22.4 Å². The maximum atomic E-state index is 12.1. The molecule has 6 heteroatoms. The van der Waals surface area contributed by atoms with Gasteiger partial charge in [0.2, 0.25) is 11.8 Å². The molecule has 1 unspecified atom stereocenters. The summed E-state index contributed by atoms with van der Waals surface area (Å²) >= 11 is 0. The SMILES string of the molecule is COc1nccc2c(NC(=O)COCC3CCCO3)cccc12. The predicted molar refractivity (Wildman–Crippen MR) is 86.7 cm³/mol. The molecule has 0 bridgehead atoms. The van der Waals surface area contributed by atoms with Crippen LogP contribution in [0.1, 0.15) is 12.8 Å². The summed E-state index contributed by atoms with van der Waals surface area (Å²) < 4.78 is 16.1. The van der Waals surface area contributed by atoms with E-state index in [4.69, 9.17) is 14.2 Å². The number of carbonyl (C=O) groups excluding carboxylic acids is 1. The molecule has 1 aliphatic rings. The summed E-state index contributed by atoms with van der Waals surface area (Å²) in [5.74, 6) is 0.347. The van der Waals surface area contributed by atoms with Crippen molar-refractivity contribution in [1.29, 1.82) is 0 Å². The number of nitrogens with zero attached hydrogens (tertiary/aromatic N) is 1. The zero-order valence-corrected chi connectivity index (χ0v) is 13.1. The number of anilines is 1. The number of amides is 1. The van der Waals surface area contributed by atoms with Gasteiger partial charge in [0.1, 0.15) is 6.61 Å². The molecule has 1 amide bonds. The third-order valence-electron chi connectivity index (χ3n) is 3.80. The Morgan fingerprint density at radius 1 is 1.39 bits per heavy atom. The van der Waals surface area contributed by atoms with Gasteiger partial charge in [-0.15, -0.1) is 0 Å². The average Bonchev–Trinajstić information content (AvgIpc) is 3.08. The van der Waals surface area contributed by atoms with Crippen LogP contribution >= 0.6 is 0 Å². The zero-order valence-electron chi connectivity index (χ0n) is 13.1. The largest absolute Gasteiger partial charge is 0.481 e. The van der Waals surface area contributed by atoms with Gasteiger partial charge in [-0.05, 0) is 31.0 Å². The summed E-state index contributed by atoms with van der Waals surface area (Å²) in [6.45, 7) is 1.26. The summed E-state index contributed by atoms with van der Waals surface area (Å²) in [4.78, 5) is 16.2. The number of hydrogen-bond donors (Lipinski definition) is 1. The summed E-state index contributed by atoms with van der Waals surface area (Å²) in [7, 11) is 1.58. The fourth-order valence-electron chi connectivity index (χ4n) is 2.70. The van der Waals surface area contributed by atoms with Crippen LogP contribution in [0.3, 0.4) is 0 Å². The van der Waals surface area contributed by atoms with E-state index in [9.17, 15) is 4.79 Å². The second-order valence-electron chi connectivity index (χ2n) is 5.42. The molecule has 0 spiro atoms. The molecule has 0 aliphatic carbocycles. The number of pyridine rings is 1. The smallest absolute Gasteiger partial charge is 0.250 e. The highest BCUT2D eigenvalue weighted by atomic mass is 16.5. The van der Waals surface area contributed by atoms with Crippen molar-refractivity contribution in [1.82, 2.24) is 4.98 Å². The molecule has 1 atom stereocenters. The van der Waals surface area contributed by atoms with Crippen molar-refractivity contribution in [2.24, 2.45) is 0 Å². The molecule has 1 aromatic heterocycles. The number of benzene rings is 1. The summed E-state index contributed by atoms with van der Waals surface area (Å²) in [6, 6.07) is 7.46. The van der Waals surface area contributed by atoms with Gasteiger partial charge in [-0.3, -0.25) is 4.79 Å². The van der Waals surface area contributed by atoms with E-state index >= 15 is 0 Å². The summed E-state index contributed by atoms with van der Waals surface area (Å²) in [5, 5.41) is 4.61. The molecule has 0 saturated carbocycles. The van der Waals surface area contributed by atoms with Crippen molar-refractivity contribution in [3.8, 4) is 5.88 Å². The molecule has 1 saturated heterocycles. The van der Waals surface area contributed by atoms with Crippen molar-refractivity contribution in [3.63, 3.8) is 0 Å². The number of nitrogens with one attached hydrogen (secondary N) is 1. The fourth-order valence-corrected chi connectivity index (χ4v) is 2.70. The first kappa shape index (κ1) is 15.7. The highest BCUT2D eigenvalue weighted by molar-refractivity contribution is 6.03. The normalized spacial score (nSPS) is 17.3. The Morgan fingerprint density at radius 2 is 2.30 bits per heavy atom. The quantitative estimate of drug-likeness (QED) is 0.886.